The molecule has 0 bridgehead atoms. The predicted octanol–water partition coefficient (Wildman–Crippen LogP) is 4.58. The second-order valence-corrected chi connectivity index (χ2v) is 6.74. The summed E-state index contributed by atoms with van der Waals surface area (Å²) in [5.41, 5.74) is 2.70. The van der Waals surface area contributed by atoms with E-state index in [4.69, 9.17) is 0 Å². The SMILES string of the molecule is CCCC1CCCN(c2ccc(CNC)cc2Br)CC1. The summed E-state index contributed by atoms with van der Waals surface area (Å²) >= 11 is 3.75. The zero-order valence-corrected chi connectivity index (χ0v) is 14.4. The van der Waals surface area contributed by atoms with Crippen molar-refractivity contribution in [1.29, 1.82) is 0 Å². The van der Waals surface area contributed by atoms with Crippen LogP contribution in [-0.4, -0.2) is 20.1 Å². The van der Waals surface area contributed by atoms with Gasteiger partial charge in [0.1, 0.15) is 0 Å². The standard InChI is InChI=1S/C17H27BrN2/c1-3-5-14-6-4-10-20(11-9-14)17-8-7-15(13-19-2)12-16(17)18/h7-8,12,14,19H,3-6,9-11,13H2,1-2H3. The lowest BCUT2D eigenvalue weighted by molar-refractivity contribution is 0.435. The van der Waals surface area contributed by atoms with Gasteiger partial charge in [-0.05, 0) is 65.9 Å². The number of hydrogen-bond donors (Lipinski definition) is 1. The van der Waals surface area contributed by atoms with E-state index in [0.717, 1.165) is 12.5 Å². The van der Waals surface area contributed by atoms with Crippen molar-refractivity contribution >= 4 is 21.6 Å². The summed E-state index contributed by atoms with van der Waals surface area (Å²) in [5.74, 6) is 0.937. The Morgan fingerprint density at radius 3 is 2.85 bits per heavy atom. The Balaban J connectivity index is 2.03. The molecule has 0 saturated carbocycles. The Bertz CT molecular complexity index is 419. The molecule has 1 aromatic rings. The summed E-state index contributed by atoms with van der Waals surface area (Å²) in [6, 6.07) is 6.77. The van der Waals surface area contributed by atoms with Crippen LogP contribution in [-0.2, 0) is 6.54 Å². The van der Waals surface area contributed by atoms with E-state index < -0.39 is 0 Å². The minimum Gasteiger partial charge on any atom is -0.371 e. The van der Waals surface area contributed by atoms with Crippen LogP contribution >= 0.6 is 15.9 Å². The number of nitrogens with zero attached hydrogens (tertiary/aromatic N) is 1. The predicted molar refractivity (Wildman–Crippen MR) is 91.4 cm³/mol. The summed E-state index contributed by atoms with van der Waals surface area (Å²) in [7, 11) is 1.99. The van der Waals surface area contributed by atoms with E-state index in [9.17, 15) is 0 Å². The Morgan fingerprint density at radius 1 is 1.30 bits per heavy atom. The molecule has 0 radical (unpaired) electrons. The highest BCUT2D eigenvalue weighted by Crippen LogP contribution is 2.31. The minimum atomic E-state index is 0.928. The lowest BCUT2D eigenvalue weighted by atomic mass is 9.96. The normalized spacial score (nSPS) is 19.9. The molecule has 1 unspecified atom stereocenters. The van der Waals surface area contributed by atoms with Crippen LogP contribution in [0.3, 0.4) is 0 Å². The number of halogens is 1. The van der Waals surface area contributed by atoms with Gasteiger partial charge in [-0.25, -0.2) is 0 Å². The molecular weight excluding hydrogens is 312 g/mol. The van der Waals surface area contributed by atoms with Crippen molar-refractivity contribution in [2.75, 3.05) is 25.0 Å². The van der Waals surface area contributed by atoms with E-state index in [-0.39, 0.29) is 0 Å². The topological polar surface area (TPSA) is 15.3 Å². The minimum absolute atomic E-state index is 0.928. The maximum Gasteiger partial charge on any atom is 0.0510 e. The molecule has 2 nitrogen and oxygen atoms in total. The van der Waals surface area contributed by atoms with Gasteiger partial charge in [0.05, 0.1) is 5.69 Å². The molecule has 1 fully saturated rings. The van der Waals surface area contributed by atoms with Gasteiger partial charge in [-0.2, -0.15) is 0 Å². The number of hydrogen-bond acceptors (Lipinski definition) is 2. The van der Waals surface area contributed by atoms with Crippen LogP contribution in [0.15, 0.2) is 22.7 Å². The third kappa shape index (κ3) is 4.23. The fourth-order valence-electron chi connectivity index (χ4n) is 3.22. The molecule has 1 aliphatic heterocycles. The van der Waals surface area contributed by atoms with Gasteiger partial charge in [0.25, 0.3) is 0 Å². The summed E-state index contributed by atoms with van der Waals surface area (Å²) in [6.07, 6.45) is 6.80. The Hall–Kier alpha value is -0.540. The van der Waals surface area contributed by atoms with Gasteiger partial charge >= 0.3 is 0 Å². The van der Waals surface area contributed by atoms with Crippen LogP contribution in [0.4, 0.5) is 5.69 Å². The number of rotatable bonds is 5. The largest absolute Gasteiger partial charge is 0.371 e. The average Bonchev–Trinajstić information content (AvgIpc) is 2.66. The van der Waals surface area contributed by atoms with Crippen molar-refractivity contribution in [2.45, 2.75) is 45.6 Å². The van der Waals surface area contributed by atoms with Gasteiger partial charge in [0.15, 0.2) is 0 Å². The Labute approximate surface area is 132 Å². The van der Waals surface area contributed by atoms with E-state index in [0.29, 0.717) is 0 Å². The van der Waals surface area contributed by atoms with Crippen molar-refractivity contribution in [3.05, 3.63) is 28.2 Å². The zero-order valence-electron chi connectivity index (χ0n) is 12.8. The second kappa shape index (κ2) is 8.04. The molecule has 3 heteroatoms. The highest BCUT2D eigenvalue weighted by Gasteiger charge is 2.18. The summed E-state index contributed by atoms with van der Waals surface area (Å²) < 4.78 is 1.24. The smallest absolute Gasteiger partial charge is 0.0510 e. The van der Waals surface area contributed by atoms with Crippen LogP contribution in [0.5, 0.6) is 0 Å². The fraction of sp³-hybridized carbons (Fsp3) is 0.647. The molecule has 0 amide bonds. The number of benzene rings is 1. The third-order valence-electron chi connectivity index (χ3n) is 4.28. The average molecular weight is 339 g/mol. The van der Waals surface area contributed by atoms with E-state index in [1.807, 2.05) is 7.05 Å². The van der Waals surface area contributed by atoms with Crippen molar-refractivity contribution < 1.29 is 0 Å². The molecular formula is C17H27BrN2. The van der Waals surface area contributed by atoms with Crippen molar-refractivity contribution in [1.82, 2.24) is 5.32 Å². The molecule has 1 atom stereocenters. The van der Waals surface area contributed by atoms with Crippen molar-refractivity contribution in [3.63, 3.8) is 0 Å². The fourth-order valence-corrected chi connectivity index (χ4v) is 3.90. The van der Waals surface area contributed by atoms with Crippen LogP contribution in [0.25, 0.3) is 0 Å². The van der Waals surface area contributed by atoms with Gasteiger partial charge in [0.2, 0.25) is 0 Å². The number of anilines is 1. The zero-order chi connectivity index (χ0) is 14.4. The highest BCUT2D eigenvalue weighted by atomic mass is 79.9. The molecule has 1 aromatic carbocycles. The van der Waals surface area contributed by atoms with E-state index in [1.54, 1.807) is 0 Å². The maximum absolute atomic E-state index is 3.75. The maximum atomic E-state index is 3.75. The number of nitrogens with one attached hydrogen (secondary N) is 1. The molecule has 1 aliphatic rings. The quantitative estimate of drug-likeness (QED) is 0.845. The molecule has 0 aliphatic carbocycles. The molecule has 2 rings (SSSR count). The molecule has 0 spiro atoms. The van der Waals surface area contributed by atoms with Gasteiger partial charge in [-0.1, -0.05) is 25.8 Å². The van der Waals surface area contributed by atoms with E-state index in [2.05, 4.69) is 51.3 Å². The molecule has 1 saturated heterocycles. The van der Waals surface area contributed by atoms with Crippen molar-refractivity contribution in [3.8, 4) is 0 Å². The molecule has 0 aromatic heterocycles. The van der Waals surface area contributed by atoms with Gasteiger partial charge in [-0.15, -0.1) is 0 Å². The monoisotopic (exact) mass is 338 g/mol. The third-order valence-corrected chi connectivity index (χ3v) is 4.91. The first-order chi connectivity index (χ1) is 9.74. The lowest BCUT2D eigenvalue weighted by Gasteiger charge is -2.24. The van der Waals surface area contributed by atoms with Gasteiger partial charge in [0, 0.05) is 24.1 Å². The summed E-state index contributed by atoms with van der Waals surface area (Å²) in [5, 5.41) is 3.21. The Kier molecular flexibility index (Phi) is 6.37. The first kappa shape index (κ1) is 15.8. The van der Waals surface area contributed by atoms with Crippen LogP contribution in [0.1, 0.15) is 44.6 Å². The first-order valence-corrected chi connectivity index (χ1v) is 8.72. The summed E-state index contributed by atoms with van der Waals surface area (Å²) in [4.78, 5) is 2.56. The summed E-state index contributed by atoms with van der Waals surface area (Å²) in [6.45, 7) is 5.63. The first-order valence-electron chi connectivity index (χ1n) is 7.92. The molecule has 1 N–H and O–H groups in total. The van der Waals surface area contributed by atoms with Crippen LogP contribution in [0.2, 0.25) is 0 Å². The van der Waals surface area contributed by atoms with Crippen LogP contribution < -0.4 is 10.2 Å². The highest BCUT2D eigenvalue weighted by molar-refractivity contribution is 9.10. The Morgan fingerprint density at radius 2 is 2.15 bits per heavy atom. The van der Waals surface area contributed by atoms with Crippen molar-refractivity contribution in [2.24, 2.45) is 5.92 Å². The molecule has 1 heterocycles. The van der Waals surface area contributed by atoms with Crippen LogP contribution in [0, 0.1) is 5.92 Å². The molecule has 20 heavy (non-hydrogen) atoms. The lowest BCUT2D eigenvalue weighted by Crippen LogP contribution is -2.24. The molecule has 112 valence electrons. The van der Waals surface area contributed by atoms with E-state index in [1.165, 1.54) is 60.9 Å². The second-order valence-electron chi connectivity index (χ2n) is 5.89. The van der Waals surface area contributed by atoms with E-state index >= 15 is 0 Å². The van der Waals surface area contributed by atoms with Gasteiger partial charge < -0.3 is 10.2 Å². The van der Waals surface area contributed by atoms with Gasteiger partial charge in [-0.3, -0.25) is 0 Å².